The average molecular weight is 482 g/mol. The predicted molar refractivity (Wildman–Crippen MR) is 126 cm³/mol. The summed E-state index contributed by atoms with van der Waals surface area (Å²) in [6, 6.07) is 5.36. The van der Waals surface area contributed by atoms with Crippen molar-refractivity contribution in [2.75, 3.05) is 46.6 Å². The summed E-state index contributed by atoms with van der Waals surface area (Å²) in [4.78, 5) is 15.7. The first kappa shape index (κ1) is 22.2. The van der Waals surface area contributed by atoms with Crippen molar-refractivity contribution in [3.8, 4) is 23.1 Å². The van der Waals surface area contributed by atoms with Crippen molar-refractivity contribution in [2.45, 2.75) is 31.1 Å². The fourth-order valence-corrected chi connectivity index (χ4v) is 5.09. The van der Waals surface area contributed by atoms with E-state index >= 15 is 4.39 Å². The zero-order valence-corrected chi connectivity index (χ0v) is 19.6. The van der Waals surface area contributed by atoms with Gasteiger partial charge in [0, 0.05) is 49.3 Å². The number of aromatic nitrogens is 3. The molecule has 9 nitrogen and oxygen atoms in total. The third-order valence-corrected chi connectivity index (χ3v) is 6.88. The number of fused-ring (bicyclic) bond motifs is 4. The van der Waals surface area contributed by atoms with Gasteiger partial charge in [0.15, 0.2) is 11.5 Å². The molecule has 1 N–H and O–H groups in total. The van der Waals surface area contributed by atoms with Crippen LogP contribution in [0, 0.1) is 0 Å². The van der Waals surface area contributed by atoms with E-state index in [2.05, 4.69) is 25.2 Å². The highest BCUT2D eigenvalue weighted by Crippen LogP contribution is 2.39. The van der Waals surface area contributed by atoms with E-state index in [4.69, 9.17) is 18.9 Å². The number of pyridine rings is 3. The lowest BCUT2D eigenvalue weighted by Crippen LogP contribution is -2.51. The quantitative estimate of drug-likeness (QED) is 0.570. The zero-order chi connectivity index (χ0) is 23.8. The van der Waals surface area contributed by atoms with Gasteiger partial charge in [0.25, 0.3) is 0 Å². The fourth-order valence-electron chi connectivity index (χ4n) is 5.09. The predicted octanol–water partition coefficient (Wildman–Crippen LogP) is 2.48. The Labute approximate surface area is 202 Å². The van der Waals surface area contributed by atoms with E-state index in [-0.39, 0.29) is 12.0 Å². The van der Waals surface area contributed by atoms with Crippen molar-refractivity contribution in [3.05, 3.63) is 41.9 Å². The Balaban J connectivity index is 1.08. The van der Waals surface area contributed by atoms with Gasteiger partial charge in [0.05, 0.1) is 37.3 Å². The number of nitrogens with one attached hydrogen (secondary N) is 1. The molecule has 0 bridgehead atoms. The minimum Gasteiger partial charge on any atom is -0.491 e. The Hall–Kier alpha value is -3.24. The minimum absolute atomic E-state index is 0.105. The van der Waals surface area contributed by atoms with Crippen LogP contribution >= 0.6 is 0 Å². The molecule has 0 spiro atoms. The van der Waals surface area contributed by atoms with Crippen LogP contribution in [0.2, 0.25) is 0 Å². The van der Waals surface area contributed by atoms with Gasteiger partial charge >= 0.3 is 0 Å². The van der Waals surface area contributed by atoms with Crippen LogP contribution in [0.25, 0.3) is 11.0 Å². The molecule has 0 amide bonds. The van der Waals surface area contributed by atoms with E-state index in [9.17, 15) is 0 Å². The largest absolute Gasteiger partial charge is 0.491 e. The molecule has 3 aliphatic rings. The van der Waals surface area contributed by atoms with Crippen molar-refractivity contribution in [3.63, 3.8) is 0 Å². The number of ether oxygens (including phenoxy) is 4. The van der Waals surface area contributed by atoms with Crippen molar-refractivity contribution in [2.24, 2.45) is 0 Å². The van der Waals surface area contributed by atoms with Crippen LogP contribution in [-0.2, 0) is 6.54 Å². The third-order valence-electron chi connectivity index (χ3n) is 6.88. The van der Waals surface area contributed by atoms with Crippen LogP contribution in [0.15, 0.2) is 30.6 Å². The van der Waals surface area contributed by atoms with E-state index in [0.717, 1.165) is 41.0 Å². The number of alkyl halides is 1. The van der Waals surface area contributed by atoms with Gasteiger partial charge in [-0.25, -0.2) is 9.37 Å². The summed E-state index contributed by atoms with van der Waals surface area (Å²) < 4.78 is 37.5. The van der Waals surface area contributed by atoms with Crippen LogP contribution in [-0.4, -0.2) is 78.6 Å². The molecule has 0 radical (unpaired) electrons. The van der Waals surface area contributed by atoms with E-state index in [0.29, 0.717) is 56.8 Å². The molecule has 10 heteroatoms. The molecule has 3 aromatic rings. The summed E-state index contributed by atoms with van der Waals surface area (Å²) in [7, 11) is 1.60. The Bertz CT molecular complexity index is 1230. The van der Waals surface area contributed by atoms with Gasteiger partial charge in [-0.1, -0.05) is 0 Å². The van der Waals surface area contributed by atoms with E-state index in [1.54, 1.807) is 25.6 Å². The Kier molecular flexibility index (Phi) is 5.99. The highest BCUT2D eigenvalue weighted by atomic mass is 19.1. The second kappa shape index (κ2) is 9.43. The lowest BCUT2D eigenvalue weighted by molar-refractivity contribution is 0.0956. The molecule has 35 heavy (non-hydrogen) atoms. The number of methoxy groups -OCH3 is 1. The summed E-state index contributed by atoms with van der Waals surface area (Å²) in [5.41, 5.74) is 3.45. The third kappa shape index (κ3) is 4.43. The van der Waals surface area contributed by atoms with Crippen LogP contribution in [0.5, 0.6) is 23.1 Å². The molecule has 3 atom stereocenters. The van der Waals surface area contributed by atoms with E-state index < -0.39 is 6.17 Å². The normalized spacial score (nSPS) is 23.7. The minimum atomic E-state index is -0.977. The van der Waals surface area contributed by atoms with Gasteiger partial charge in [-0.3, -0.25) is 14.9 Å². The Morgan fingerprint density at radius 3 is 2.83 bits per heavy atom. The maximum atomic E-state index is 15.2. The highest BCUT2D eigenvalue weighted by molar-refractivity contribution is 5.81. The molecule has 0 aromatic carbocycles. The summed E-state index contributed by atoms with van der Waals surface area (Å²) >= 11 is 0. The van der Waals surface area contributed by atoms with Crippen LogP contribution < -0.4 is 24.3 Å². The van der Waals surface area contributed by atoms with Crippen molar-refractivity contribution in [1.82, 2.24) is 25.2 Å². The standard InChI is InChI=1S/C25H28FN5O4/c1-32-23-3-2-19-25(30-23)24-15(14-35-22(24)11-29-19)12-31-5-4-18(17(26)13-31)28-9-16-8-20-21(10-27-16)34-7-6-33-20/h2-3,8,10-11,15,17-18,28H,4-7,9,12-14H2,1H3/t15-,17-,18-/m1/s1. The van der Waals surface area contributed by atoms with Crippen LogP contribution in [0.4, 0.5) is 4.39 Å². The van der Waals surface area contributed by atoms with Gasteiger partial charge < -0.3 is 24.3 Å². The molecule has 3 aliphatic heterocycles. The molecule has 6 heterocycles. The van der Waals surface area contributed by atoms with Crippen LogP contribution in [0.1, 0.15) is 23.6 Å². The Morgan fingerprint density at radius 1 is 1.11 bits per heavy atom. The van der Waals surface area contributed by atoms with E-state index in [1.165, 1.54) is 0 Å². The maximum Gasteiger partial charge on any atom is 0.213 e. The fraction of sp³-hybridized carbons (Fsp3) is 0.480. The molecule has 3 aromatic heterocycles. The monoisotopic (exact) mass is 481 g/mol. The van der Waals surface area contributed by atoms with E-state index in [1.807, 2.05) is 12.1 Å². The second-order valence-electron chi connectivity index (χ2n) is 9.14. The number of halogens is 1. The smallest absolute Gasteiger partial charge is 0.213 e. The van der Waals surface area contributed by atoms with Crippen molar-refractivity contribution >= 4 is 11.0 Å². The molecule has 6 rings (SSSR count). The van der Waals surface area contributed by atoms with Gasteiger partial charge in [0.1, 0.15) is 30.7 Å². The van der Waals surface area contributed by atoms with Gasteiger partial charge in [-0.2, -0.15) is 0 Å². The number of hydrogen-bond donors (Lipinski definition) is 1. The first-order valence-electron chi connectivity index (χ1n) is 12.0. The summed E-state index contributed by atoms with van der Waals surface area (Å²) in [6.07, 6.45) is 3.17. The SMILES string of the molecule is COc1ccc2ncc3c(c2n1)[C@H](CN1CC[C@@H](NCc2cc4c(cn2)OCCO4)[C@H](F)C1)CO3. The molecule has 1 saturated heterocycles. The summed E-state index contributed by atoms with van der Waals surface area (Å²) in [5, 5.41) is 3.34. The number of hydrogen-bond acceptors (Lipinski definition) is 9. The number of rotatable bonds is 6. The van der Waals surface area contributed by atoms with Gasteiger partial charge in [-0.05, 0) is 19.0 Å². The molecule has 184 valence electrons. The number of likely N-dealkylation sites (tertiary alicyclic amines) is 1. The first-order chi connectivity index (χ1) is 17.2. The summed E-state index contributed by atoms with van der Waals surface area (Å²) in [6.45, 7) is 3.97. The second-order valence-corrected chi connectivity index (χ2v) is 9.14. The molecule has 0 aliphatic carbocycles. The zero-order valence-electron chi connectivity index (χ0n) is 19.6. The van der Waals surface area contributed by atoms with Crippen molar-refractivity contribution < 1.29 is 23.3 Å². The van der Waals surface area contributed by atoms with Crippen molar-refractivity contribution in [1.29, 1.82) is 0 Å². The first-order valence-corrected chi connectivity index (χ1v) is 12.0. The molecular formula is C25H28FN5O4. The lowest BCUT2D eigenvalue weighted by atomic mass is 9.97. The van der Waals surface area contributed by atoms with Gasteiger partial charge in [-0.15, -0.1) is 0 Å². The van der Waals surface area contributed by atoms with Gasteiger partial charge in [0.2, 0.25) is 5.88 Å². The molecule has 1 fully saturated rings. The molecular weight excluding hydrogens is 453 g/mol. The number of nitrogens with zero attached hydrogens (tertiary/aromatic N) is 4. The maximum absolute atomic E-state index is 15.2. The van der Waals surface area contributed by atoms with Crippen LogP contribution in [0.3, 0.4) is 0 Å². The summed E-state index contributed by atoms with van der Waals surface area (Å²) in [5.74, 6) is 2.76. The average Bonchev–Trinajstić information content (AvgIpc) is 3.31. The molecule has 0 saturated carbocycles. The topological polar surface area (TPSA) is 90.9 Å². The molecule has 0 unspecified atom stereocenters. The lowest BCUT2D eigenvalue weighted by Gasteiger charge is -2.36. The highest BCUT2D eigenvalue weighted by Gasteiger charge is 2.34. The number of piperidine rings is 1. The Morgan fingerprint density at radius 2 is 1.97 bits per heavy atom.